The van der Waals surface area contributed by atoms with E-state index in [2.05, 4.69) is 44.8 Å². The number of aryl methyl sites for hydroxylation is 1. The van der Waals surface area contributed by atoms with Gasteiger partial charge < -0.3 is 0 Å². The van der Waals surface area contributed by atoms with E-state index < -0.39 is 0 Å². The lowest BCUT2D eigenvalue weighted by atomic mass is 9.77. The van der Waals surface area contributed by atoms with Crippen molar-refractivity contribution in [2.45, 2.75) is 72.6 Å². The Hall–Kier alpha value is -0.850. The molecular formula is C17H29N. The maximum absolute atomic E-state index is 4.28. The summed E-state index contributed by atoms with van der Waals surface area (Å²) in [6.07, 6.45) is 11.2. The average Bonchev–Trinajstić information content (AvgIpc) is 2.35. The van der Waals surface area contributed by atoms with Crippen LogP contribution in [0.2, 0.25) is 0 Å². The van der Waals surface area contributed by atoms with Gasteiger partial charge in [0.2, 0.25) is 0 Å². The van der Waals surface area contributed by atoms with Crippen LogP contribution in [0.25, 0.3) is 0 Å². The maximum Gasteiger partial charge on any atom is 0.0375 e. The predicted octanol–water partition coefficient (Wildman–Crippen LogP) is 5.32. The fourth-order valence-corrected chi connectivity index (χ4v) is 2.58. The van der Waals surface area contributed by atoms with E-state index in [0.29, 0.717) is 5.41 Å². The molecule has 0 spiro atoms. The maximum atomic E-state index is 4.28. The van der Waals surface area contributed by atoms with E-state index in [-0.39, 0.29) is 0 Å². The first-order valence-corrected chi connectivity index (χ1v) is 7.51. The third-order valence-electron chi connectivity index (χ3n) is 4.08. The van der Waals surface area contributed by atoms with Crippen molar-refractivity contribution in [3.05, 3.63) is 29.6 Å². The van der Waals surface area contributed by atoms with Gasteiger partial charge in [-0.2, -0.15) is 0 Å². The standard InChI is InChI=1S/C17H29N/c1-5-7-8-9-11-17(4,6-2)14-16-10-12-18-15(3)13-16/h10,12-13H,5-9,11,14H2,1-4H3. The van der Waals surface area contributed by atoms with Crippen molar-refractivity contribution in [1.82, 2.24) is 4.98 Å². The summed E-state index contributed by atoms with van der Waals surface area (Å²) < 4.78 is 0. The first kappa shape index (κ1) is 15.2. The first-order chi connectivity index (χ1) is 8.59. The molecule has 0 saturated carbocycles. The van der Waals surface area contributed by atoms with Crippen LogP contribution in [0.4, 0.5) is 0 Å². The summed E-state index contributed by atoms with van der Waals surface area (Å²) in [5, 5.41) is 0. The molecule has 1 heterocycles. The zero-order valence-electron chi connectivity index (χ0n) is 12.6. The Morgan fingerprint density at radius 1 is 1.17 bits per heavy atom. The van der Waals surface area contributed by atoms with Crippen LogP contribution in [0.3, 0.4) is 0 Å². The van der Waals surface area contributed by atoms with E-state index in [1.54, 1.807) is 0 Å². The van der Waals surface area contributed by atoms with Crippen LogP contribution in [0.1, 0.15) is 70.6 Å². The summed E-state index contributed by atoms with van der Waals surface area (Å²) in [6.45, 7) is 9.12. The van der Waals surface area contributed by atoms with Crippen molar-refractivity contribution in [3.8, 4) is 0 Å². The largest absolute Gasteiger partial charge is 0.262 e. The summed E-state index contributed by atoms with van der Waals surface area (Å²) in [5.41, 5.74) is 3.04. The van der Waals surface area contributed by atoms with Crippen LogP contribution in [-0.4, -0.2) is 4.98 Å². The fourth-order valence-electron chi connectivity index (χ4n) is 2.58. The smallest absolute Gasteiger partial charge is 0.0375 e. The summed E-state index contributed by atoms with van der Waals surface area (Å²) in [4.78, 5) is 4.28. The third-order valence-corrected chi connectivity index (χ3v) is 4.08. The van der Waals surface area contributed by atoms with E-state index in [1.165, 1.54) is 50.5 Å². The molecule has 0 aliphatic heterocycles. The van der Waals surface area contributed by atoms with Crippen molar-refractivity contribution in [2.75, 3.05) is 0 Å². The Bertz CT molecular complexity index is 345. The molecule has 1 aromatic heterocycles. The van der Waals surface area contributed by atoms with Gasteiger partial charge in [-0.05, 0) is 42.9 Å². The van der Waals surface area contributed by atoms with E-state index >= 15 is 0 Å². The van der Waals surface area contributed by atoms with Crippen LogP contribution in [-0.2, 0) is 6.42 Å². The molecule has 18 heavy (non-hydrogen) atoms. The predicted molar refractivity (Wildman–Crippen MR) is 79.8 cm³/mol. The van der Waals surface area contributed by atoms with Gasteiger partial charge in [0.25, 0.3) is 0 Å². The van der Waals surface area contributed by atoms with Gasteiger partial charge in [0.15, 0.2) is 0 Å². The minimum atomic E-state index is 0.460. The molecule has 102 valence electrons. The van der Waals surface area contributed by atoms with Crippen molar-refractivity contribution >= 4 is 0 Å². The molecule has 1 aromatic rings. The number of rotatable bonds is 8. The highest BCUT2D eigenvalue weighted by atomic mass is 14.6. The molecule has 0 aliphatic rings. The molecule has 0 amide bonds. The van der Waals surface area contributed by atoms with Crippen molar-refractivity contribution in [3.63, 3.8) is 0 Å². The number of nitrogens with zero attached hydrogens (tertiary/aromatic N) is 1. The molecule has 0 fully saturated rings. The Balaban J connectivity index is 2.53. The van der Waals surface area contributed by atoms with Crippen molar-refractivity contribution in [2.24, 2.45) is 5.41 Å². The van der Waals surface area contributed by atoms with Crippen LogP contribution >= 0.6 is 0 Å². The van der Waals surface area contributed by atoms with Gasteiger partial charge in [0.1, 0.15) is 0 Å². The van der Waals surface area contributed by atoms with Gasteiger partial charge in [-0.3, -0.25) is 4.98 Å². The third kappa shape index (κ3) is 5.20. The number of hydrogen-bond acceptors (Lipinski definition) is 1. The average molecular weight is 247 g/mol. The summed E-state index contributed by atoms with van der Waals surface area (Å²) in [6, 6.07) is 4.41. The van der Waals surface area contributed by atoms with Crippen molar-refractivity contribution < 1.29 is 0 Å². The fraction of sp³-hybridized carbons (Fsp3) is 0.706. The number of hydrogen-bond donors (Lipinski definition) is 0. The lowest BCUT2D eigenvalue weighted by Crippen LogP contribution is -2.18. The van der Waals surface area contributed by atoms with Gasteiger partial charge in [-0.1, -0.05) is 52.9 Å². The molecule has 0 aliphatic carbocycles. The molecule has 0 radical (unpaired) electrons. The quantitative estimate of drug-likeness (QED) is 0.567. The minimum Gasteiger partial charge on any atom is -0.262 e. The number of aromatic nitrogens is 1. The summed E-state index contributed by atoms with van der Waals surface area (Å²) in [7, 11) is 0. The molecule has 0 saturated heterocycles. The molecular weight excluding hydrogens is 218 g/mol. The highest BCUT2D eigenvalue weighted by Gasteiger charge is 2.21. The highest BCUT2D eigenvalue weighted by molar-refractivity contribution is 5.17. The van der Waals surface area contributed by atoms with Gasteiger partial charge in [0, 0.05) is 11.9 Å². The van der Waals surface area contributed by atoms with Crippen LogP contribution < -0.4 is 0 Å². The van der Waals surface area contributed by atoms with E-state index in [0.717, 1.165) is 5.69 Å². The Morgan fingerprint density at radius 2 is 1.94 bits per heavy atom. The molecule has 0 bridgehead atoms. The zero-order valence-corrected chi connectivity index (χ0v) is 12.6. The van der Waals surface area contributed by atoms with E-state index in [9.17, 15) is 0 Å². The molecule has 1 unspecified atom stereocenters. The topological polar surface area (TPSA) is 12.9 Å². The summed E-state index contributed by atoms with van der Waals surface area (Å²) >= 11 is 0. The first-order valence-electron chi connectivity index (χ1n) is 7.51. The van der Waals surface area contributed by atoms with E-state index in [4.69, 9.17) is 0 Å². The van der Waals surface area contributed by atoms with Crippen LogP contribution in [0.15, 0.2) is 18.3 Å². The number of pyridine rings is 1. The number of unbranched alkanes of at least 4 members (excludes halogenated alkanes) is 3. The Kier molecular flexibility index (Phi) is 6.38. The summed E-state index contributed by atoms with van der Waals surface area (Å²) in [5.74, 6) is 0. The lowest BCUT2D eigenvalue weighted by molar-refractivity contribution is 0.270. The normalized spacial score (nSPS) is 14.4. The van der Waals surface area contributed by atoms with Crippen LogP contribution in [0, 0.1) is 12.3 Å². The highest BCUT2D eigenvalue weighted by Crippen LogP contribution is 2.32. The van der Waals surface area contributed by atoms with Crippen molar-refractivity contribution in [1.29, 1.82) is 0 Å². The second kappa shape index (κ2) is 7.56. The van der Waals surface area contributed by atoms with Gasteiger partial charge >= 0.3 is 0 Å². The molecule has 1 heteroatoms. The SMILES string of the molecule is CCCCCCC(C)(CC)Cc1ccnc(C)c1. The second-order valence-electron chi connectivity index (χ2n) is 5.96. The lowest BCUT2D eigenvalue weighted by Gasteiger charge is -2.28. The Morgan fingerprint density at radius 3 is 2.56 bits per heavy atom. The van der Waals surface area contributed by atoms with Gasteiger partial charge in [-0.15, -0.1) is 0 Å². The molecule has 0 aromatic carbocycles. The zero-order chi connectivity index (χ0) is 13.4. The van der Waals surface area contributed by atoms with Crippen LogP contribution in [0.5, 0.6) is 0 Å². The molecule has 0 N–H and O–H groups in total. The molecule has 1 nitrogen and oxygen atoms in total. The molecule has 1 atom stereocenters. The van der Waals surface area contributed by atoms with E-state index in [1.807, 2.05) is 6.20 Å². The Labute approximate surface area is 113 Å². The van der Waals surface area contributed by atoms with Gasteiger partial charge in [0.05, 0.1) is 0 Å². The monoisotopic (exact) mass is 247 g/mol. The second-order valence-corrected chi connectivity index (χ2v) is 5.96. The van der Waals surface area contributed by atoms with Gasteiger partial charge in [-0.25, -0.2) is 0 Å². The minimum absolute atomic E-state index is 0.460. The molecule has 1 rings (SSSR count).